The fourth-order valence-corrected chi connectivity index (χ4v) is 3.31. The number of hydrogen-bond acceptors (Lipinski definition) is 4. The van der Waals surface area contributed by atoms with Gasteiger partial charge >= 0.3 is 0 Å². The lowest BCUT2D eigenvalue weighted by atomic mass is 10.2. The van der Waals surface area contributed by atoms with E-state index < -0.39 is 0 Å². The molecule has 0 radical (unpaired) electrons. The van der Waals surface area contributed by atoms with Crippen LogP contribution < -0.4 is 5.32 Å². The normalized spacial score (nSPS) is 11.1. The molecule has 27 heavy (non-hydrogen) atoms. The number of hydrogen-bond donors (Lipinski definition) is 2. The summed E-state index contributed by atoms with van der Waals surface area (Å²) in [7, 11) is 2.01. The van der Waals surface area contributed by atoms with E-state index in [2.05, 4.69) is 51.1 Å². The molecule has 0 saturated heterocycles. The molecule has 3 rings (SSSR count). The Bertz CT molecular complexity index is 858. The average molecular weight is 496 g/mol. The minimum absolute atomic E-state index is 0. The van der Waals surface area contributed by atoms with Gasteiger partial charge in [-0.05, 0) is 19.4 Å². The largest absolute Gasteiger partial charge is 0.357 e. The highest BCUT2D eigenvalue weighted by molar-refractivity contribution is 14.0. The van der Waals surface area contributed by atoms with Gasteiger partial charge in [0.1, 0.15) is 10.8 Å². The third-order valence-electron chi connectivity index (χ3n) is 3.83. The third kappa shape index (κ3) is 6.03. The molecular weight excluding hydrogens is 471 g/mol. The van der Waals surface area contributed by atoms with Gasteiger partial charge in [0, 0.05) is 24.7 Å². The van der Waals surface area contributed by atoms with E-state index in [9.17, 15) is 0 Å². The van der Waals surface area contributed by atoms with Crippen molar-refractivity contribution in [2.75, 3.05) is 13.6 Å². The Morgan fingerprint density at radius 3 is 2.67 bits per heavy atom. The second-order valence-electron chi connectivity index (χ2n) is 6.00. The molecule has 0 atom stereocenters. The van der Waals surface area contributed by atoms with Crippen LogP contribution in [0.3, 0.4) is 0 Å². The molecule has 0 fully saturated rings. The van der Waals surface area contributed by atoms with Crippen molar-refractivity contribution in [3.8, 4) is 11.3 Å². The number of rotatable bonds is 6. The molecule has 0 aliphatic carbocycles. The van der Waals surface area contributed by atoms with Crippen LogP contribution in [0, 0.1) is 6.92 Å². The summed E-state index contributed by atoms with van der Waals surface area (Å²) in [6, 6.07) is 10.2. The Hall–Kier alpha value is -1.94. The van der Waals surface area contributed by atoms with Gasteiger partial charge in [-0.2, -0.15) is 0 Å². The molecule has 2 N–H and O–H groups in total. The molecule has 2 aromatic heterocycles. The lowest BCUT2D eigenvalue weighted by Gasteiger charge is -2.20. The number of H-pyrrole nitrogens is 1. The van der Waals surface area contributed by atoms with Crippen LogP contribution >= 0.6 is 35.3 Å². The van der Waals surface area contributed by atoms with E-state index >= 15 is 0 Å². The lowest BCUT2D eigenvalue weighted by Crippen LogP contribution is -2.38. The summed E-state index contributed by atoms with van der Waals surface area (Å²) in [6.07, 6.45) is 3.76. The van der Waals surface area contributed by atoms with E-state index in [0.717, 1.165) is 34.6 Å². The zero-order valence-corrected chi connectivity index (χ0v) is 18.9. The van der Waals surface area contributed by atoms with Gasteiger partial charge in [0.15, 0.2) is 5.96 Å². The molecule has 2 heterocycles. The van der Waals surface area contributed by atoms with E-state index in [1.807, 2.05) is 37.6 Å². The molecular formula is C19H25IN6S. The Morgan fingerprint density at radius 2 is 2.00 bits per heavy atom. The van der Waals surface area contributed by atoms with Crippen LogP contribution in [-0.2, 0) is 13.1 Å². The van der Waals surface area contributed by atoms with Crippen molar-refractivity contribution in [1.29, 1.82) is 0 Å². The third-order valence-corrected chi connectivity index (χ3v) is 4.73. The van der Waals surface area contributed by atoms with Crippen molar-refractivity contribution in [3.63, 3.8) is 0 Å². The van der Waals surface area contributed by atoms with E-state index in [4.69, 9.17) is 4.99 Å². The van der Waals surface area contributed by atoms with Crippen LogP contribution in [0.5, 0.6) is 0 Å². The van der Waals surface area contributed by atoms with Crippen molar-refractivity contribution in [1.82, 2.24) is 25.2 Å². The molecule has 0 amide bonds. The Morgan fingerprint density at radius 1 is 1.22 bits per heavy atom. The summed E-state index contributed by atoms with van der Waals surface area (Å²) in [5.41, 5.74) is 2.16. The predicted octanol–water partition coefficient (Wildman–Crippen LogP) is 4.06. The highest BCUT2D eigenvalue weighted by Gasteiger charge is 2.10. The number of nitrogens with one attached hydrogen (secondary N) is 2. The molecule has 0 bridgehead atoms. The van der Waals surface area contributed by atoms with Crippen molar-refractivity contribution < 1.29 is 0 Å². The highest BCUT2D eigenvalue weighted by atomic mass is 127. The van der Waals surface area contributed by atoms with Crippen LogP contribution in [-0.4, -0.2) is 39.4 Å². The summed E-state index contributed by atoms with van der Waals surface area (Å²) in [6.45, 7) is 6.17. The summed E-state index contributed by atoms with van der Waals surface area (Å²) >= 11 is 1.68. The minimum Gasteiger partial charge on any atom is -0.357 e. The van der Waals surface area contributed by atoms with Gasteiger partial charge in [-0.25, -0.2) is 15.0 Å². The van der Waals surface area contributed by atoms with Crippen molar-refractivity contribution in [2.24, 2.45) is 4.99 Å². The molecule has 0 unspecified atom stereocenters. The number of aromatic amines is 1. The standard InChI is InChI=1S/C19H24N6S.HI/c1-4-20-19(23-12-18-22-10-14(2)26-18)25(3)13-17-21-11-16(24-17)15-8-6-5-7-9-15;/h5-11H,4,12-13H2,1-3H3,(H,20,23)(H,21,24);1H. The predicted molar refractivity (Wildman–Crippen MR) is 123 cm³/mol. The molecule has 1 aromatic carbocycles. The van der Waals surface area contributed by atoms with Gasteiger partial charge in [-0.3, -0.25) is 0 Å². The first-order valence-electron chi connectivity index (χ1n) is 8.65. The number of benzene rings is 1. The van der Waals surface area contributed by atoms with Crippen LogP contribution in [0.1, 0.15) is 22.6 Å². The van der Waals surface area contributed by atoms with Gasteiger partial charge < -0.3 is 15.2 Å². The second-order valence-corrected chi connectivity index (χ2v) is 7.32. The van der Waals surface area contributed by atoms with Crippen molar-refractivity contribution >= 4 is 41.3 Å². The van der Waals surface area contributed by atoms with Crippen LogP contribution in [0.15, 0.2) is 47.7 Å². The van der Waals surface area contributed by atoms with Gasteiger partial charge in [0.2, 0.25) is 0 Å². The maximum atomic E-state index is 4.70. The zero-order valence-electron chi connectivity index (χ0n) is 15.8. The second kappa shape index (κ2) is 10.4. The highest BCUT2D eigenvalue weighted by Crippen LogP contribution is 2.16. The Kier molecular flexibility index (Phi) is 8.23. The quantitative estimate of drug-likeness (QED) is 0.307. The fourth-order valence-electron chi connectivity index (χ4n) is 2.59. The van der Waals surface area contributed by atoms with Crippen LogP contribution in [0.2, 0.25) is 0 Å². The molecule has 8 heteroatoms. The molecule has 0 saturated carbocycles. The summed E-state index contributed by atoms with van der Waals surface area (Å²) in [5.74, 6) is 1.75. The van der Waals surface area contributed by atoms with E-state index in [1.54, 1.807) is 11.3 Å². The first kappa shape index (κ1) is 21.4. The fraction of sp³-hybridized carbons (Fsp3) is 0.316. The number of guanidine groups is 1. The Balaban J connectivity index is 0.00000261. The molecule has 0 aliphatic rings. The zero-order chi connectivity index (χ0) is 18.4. The van der Waals surface area contributed by atoms with E-state index in [1.165, 1.54) is 4.88 Å². The monoisotopic (exact) mass is 496 g/mol. The van der Waals surface area contributed by atoms with Crippen molar-refractivity contribution in [3.05, 3.63) is 58.4 Å². The SMILES string of the molecule is CCNC(=NCc1ncc(C)s1)N(C)Cc1ncc(-c2ccccc2)[nH]1.I. The number of aryl methyl sites for hydroxylation is 1. The molecule has 0 aliphatic heterocycles. The number of halogens is 1. The van der Waals surface area contributed by atoms with Gasteiger partial charge in [0.25, 0.3) is 0 Å². The van der Waals surface area contributed by atoms with Gasteiger partial charge in [0.05, 0.1) is 25.0 Å². The smallest absolute Gasteiger partial charge is 0.194 e. The maximum Gasteiger partial charge on any atom is 0.194 e. The molecule has 0 spiro atoms. The maximum absolute atomic E-state index is 4.70. The van der Waals surface area contributed by atoms with Gasteiger partial charge in [-0.15, -0.1) is 35.3 Å². The van der Waals surface area contributed by atoms with Crippen molar-refractivity contribution in [2.45, 2.75) is 26.9 Å². The average Bonchev–Trinajstić information content (AvgIpc) is 3.28. The van der Waals surface area contributed by atoms with E-state index in [0.29, 0.717) is 13.1 Å². The summed E-state index contributed by atoms with van der Waals surface area (Å²) in [4.78, 5) is 20.2. The van der Waals surface area contributed by atoms with Gasteiger partial charge in [-0.1, -0.05) is 30.3 Å². The number of thiazole rings is 1. The molecule has 144 valence electrons. The molecule has 3 aromatic rings. The van der Waals surface area contributed by atoms with Crippen LogP contribution in [0.25, 0.3) is 11.3 Å². The van der Waals surface area contributed by atoms with E-state index in [-0.39, 0.29) is 24.0 Å². The number of aromatic nitrogens is 3. The summed E-state index contributed by atoms with van der Waals surface area (Å²) in [5, 5.41) is 4.35. The summed E-state index contributed by atoms with van der Waals surface area (Å²) < 4.78 is 0. The van der Waals surface area contributed by atoms with Crippen LogP contribution in [0.4, 0.5) is 0 Å². The number of aliphatic imine (C=N–C) groups is 1. The first-order valence-corrected chi connectivity index (χ1v) is 9.47. The number of nitrogens with zero attached hydrogens (tertiary/aromatic N) is 4. The topological polar surface area (TPSA) is 69.2 Å². The lowest BCUT2D eigenvalue weighted by molar-refractivity contribution is 0.464. The first-order chi connectivity index (χ1) is 12.7. The molecule has 6 nitrogen and oxygen atoms in total. The number of imidazole rings is 1. The minimum atomic E-state index is 0. The Labute approximate surface area is 181 Å².